The van der Waals surface area contributed by atoms with Crippen LogP contribution < -0.4 is 4.90 Å². The van der Waals surface area contributed by atoms with E-state index in [1.54, 1.807) is 0 Å². The Bertz CT molecular complexity index is 3560. The molecule has 0 atom stereocenters. The quantitative estimate of drug-likeness (QED) is 0.156. The zero-order valence-electron chi connectivity index (χ0n) is 33.2. The van der Waals surface area contributed by atoms with Crippen LogP contribution in [-0.4, -0.2) is 4.57 Å². The van der Waals surface area contributed by atoms with Gasteiger partial charge in [-0.05, 0) is 129 Å². The van der Waals surface area contributed by atoms with E-state index in [4.69, 9.17) is 0 Å². The zero-order valence-corrected chi connectivity index (χ0v) is 34.1. The molecule has 0 radical (unpaired) electrons. The molecule has 0 saturated heterocycles. The summed E-state index contributed by atoms with van der Waals surface area (Å²) in [6.07, 6.45) is 0. The van der Waals surface area contributed by atoms with Crippen molar-refractivity contribution in [2.24, 2.45) is 0 Å². The minimum Gasteiger partial charge on any atom is -0.311 e. The molecule has 0 amide bonds. The van der Waals surface area contributed by atoms with Crippen LogP contribution in [0.2, 0.25) is 0 Å². The molecular formula is C58H38N2S. The van der Waals surface area contributed by atoms with Crippen LogP contribution in [-0.2, 0) is 0 Å². The molecule has 3 heteroatoms. The smallest absolute Gasteiger partial charge is 0.0547 e. The molecule has 0 N–H and O–H groups in total. The minimum atomic E-state index is 1.10. The van der Waals surface area contributed by atoms with Gasteiger partial charge in [0.05, 0.1) is 11.0 Å². The van der Waals surface area contributed by atoms with Crippen LogP contribution in [0.4, 0.5) is 17.1 Å². The molecule has 0 aliphatic rings. The average Bonchev–Trinajstić information content (AvgIpc) is 3.87. The maximum Gasteiger partial charge on any atom is 0.0547 e. The van der Waals surface area contributed by atoms with Crippen LogP contribution >= 0.6 is 11.3 Å². The predicted octanol–water partition coefficient (Wildman–Crippen LogP) is 16.8. The van der Waals surface area contributed by atoms with Crippen molar-refractivity contribution in [1.82, 2.24) is 4.57 Å². The number of hydrogen-bond donors (Lipinski definition) is 0. The van der Waals surface area contributed by atoms with Gasteiger partial charge < -0.3 is 9.47 Å². The van der Waals surface area contributed by atoms with Crippen LogP contribution in [0.1, 0.15) is 0 Å². The van der Waals surface area contributed by atoms with E-state index >= 15 is 0 Å². The van der Waals surface area contributed by atoms with Gasteiger partial charge in [0, 0.05) is 53.7 Å². The summed E-state index contributed by atoms with van der Waals surface area (Å²) < 4.78 is 5.03. The lowest BCUT2D eigenvalue weighted by molar-refractivity contribution is 1.18. The fraction of sp³-hybridized carbons (Fsp3) is 0. The standard InChI is InChI=1S/C58H38N2S/c1-2-12-47(13-3-1)60-55-16-8-6-14-51(55)52-34-26-46(38-56(52)60)42-24-32-50(33-25-42)59(48-28-20-40(21-29-48)44-19-18-39-10-4-5-11-43(39)36-44)49-30-22-41(23-31-49)45-27-35-58-54(37-45)53-15-7-9-17-57(53)61-58/h1-38H. The summed E-state index contributed by atoms with van der Waals surface area (Å²) in [7, 11) is 0. The fourth-order valence-corrected chi connectivity index (χ4v) is 10.2. The summed E-state index contributed by atoms with van der Waals surface area (Å²) in [4.78, 5) is 2.36. The van der Waals surface area contributed by atoms with Gasteiger partial charge in [0.15, 0.2) is 0 Å². The molecule has 0 saturated carbocycles. The Kier molecular flexibility index (Phi) is 8.39. The number of hydrogen-bond acceptors (Lipinski definition) is 2. The highest BCUT2D eigenvalue weighted by Gasteiger charge is 2.17. The number of anilines is 3. The molecule has 0 aliphatic heterocycles. The Morgan fingerprint density at radius 1 is 0.295 bits per heavy atom. The first-order valence-corrected chi connectivity index (χ1v) is 21.6. The number of para-hydroxylation sites is 2. The van der Waals surface area contributed by atoms with Crippen molar-refractivity contribution < 1.29 is 0 Å². The summed E-state index contributed by atoms with van der Waals surface area (Å²) in [5, 5.41) is 7.65. The highest BCUT2D eigenvalue weighted by atomic mass is 32.1. The van der Waals surface area contributed by atoms with E-state index in [0.717, 1.165) is 22.7 Å². The van der Waals surface area contributed by atoms with Crippen LogP contribution in [0, 0.1) is 0 Å². The zero-order chi connectivity index (χ0) is 40.3. The number of thiophene rings is 1. The van der Waals surface area contributed by atoms with Gasteiger partial charge in [-0.15, -0.1) is 11.3 Å². The van der Waals surface area contributed by atoms with Crippen molar-refractivity contribution in [3.63, 3.8) is 0 Å². The van der Waals surface area contributed by atoms with Crippen molar-refractivity contribution in [3.05, 3.63) is 231 Å². The fourth-order valence-electron chi connectivity index (χ4n) is 9.14. The van der Waals surface area contributed by atoms with Gasteiger partial charge in [-0.25, -0.2) is 0 Å². The first-order chi connectivity index (χ1) is 30.2. The van der Waals surface area contributed by atoms with Gasteiger partial charge >= 0.3 is 0 Å². The molecule has 2 heterocycles. The van der Waals surface area contributed by atoms with Gasteiger partial charge in [0.25, 0.3) is 0 Å². The largest absolute Gasteiger partial charge is 0.311 e. The third-order valence-electron chi connectivity index (χ3n) is 12.2. The Morgan fingerprint density at radius 3 is 1.49 bits per heavy atom. The van der Waals surface area contributed by atoms with E-state index in [0.29, 0.717) is 0 Å². The van der Waals surface area contributed by atoms with Crippen molar-refractivity contribution in [1.29, 1.82) is 0 Å². The van der Waals surface area contributed by atoms with E-state index in [1.165, 1.54) is 86.1 Å². The maximum atomic E-state index is 2.39. The molecule has 0 unspecified atom stereocenters. The van der Waals surface area contributed by atoms with Crippen molar-refractivity contribution in [2.45, 2.75) is 0 Å². The lowest BCUT2D eigenvalue weighted by Crippen LogP contribution is -2.09. The summed E-state index contributed by atoms with van der Waals surface area (Å²) in [6, 6.07) is 84.2. The lowest BCUT2D eigenvalue weighted by atomic mass is 10.00. The molecule has 286 valence electrons. The third kappa shape index (κ3) is 6.18. The van der Waals surface area contributed by atoms with Crippen LogP contribution in [0.25, 0.3) is 91.8 Å². The van der Waals surface area contributed by atoms with Crippen molar-refractivity contribution >= 4 is 81.1 Å². The van der Waals surface area contributed by atoms with E-state index < -0.39 is 0 Å². The molecular weight excluding hydrogens is 757 g/mol. The van der Waals surface area contributed by atoms with Gasteiger partial charge in [0.2, 0.25) is 0 Å². The van der Waals surface area contributed by atoms with Crippen molar-refractivity contribution in [3.8, 4) is 39.1 Å². The molecule has 12 aromatic rings. The Morgan fingerprint density at radius 2 is 0.787 bits per heavy atom. The van der Waals surface area contributed by atoms with Crippen LogP contribution in [0.3, 0.4) is 0 Å². The van der Waals surface area contributed by atoms with E-state index in [2.05, 4.69) is 240 Å². The van der Waals surface area contributed by atoms with Gasteiger partial charge in [-0.1, -0.05) is 146 Å². The van der Waals surface area contributed by atoms with Crippen LogP contribution in [0.5, 0.6) is 0 Å². The molecule has 0 bridgehead atoms. The van der Waals surface area contributed by atoms with Crippen LogP contribution in [0.15, 0.2) is 231 Å². The Balaban J connectivity index is 0.929. The van der Waals surface area contributed by atoms with E-state index in [-0.39, 0.29) is 0 Å². The van der Waals surface area contributed by atoms with E-state index in [9.17, 15) is 0 Å². The topological polar surface area (TPSA) is 8.17 Å². The molecule has 10 aromatic carbocycles. The number of nitrogens with zero attached hydrogens (tertiary/aromatic N) is 2. The summed E-state index contributed by atoms with van der Waals surface area (Å²) in [5.41, 5.74) is 14.1. The predicted molar refractivity (Wildman–Crippen MR) is 262 cm³/mol. The Hall–Kier alpha value is -7.72. The summed E-state index contributed by atoms with van der Waals surface area (Å²) in [5.74, 6) is 0. The number of aromatic nitrogens is 1. The highest BCUT2D eigenvalue weighted by Crippen LogP contribution is 2.41. The Labute approximate surface area is 358 Å². The second-order valence-electron chi connectivity index (χ2n) is 15.8. The van der Waals surface area contributed by atoms with Crippen molar-refractivity contribution in [2.75, 3.05) is 4.90 Å². The third-order valence-corrected chi connectivity index (χ3v) is 13.3. The van der Waals surface area contributed by atoms with Gasteiger partial charge in [0.1, 0.15) is 0 Å². The maximum absolute atomic E-state index is 2.39. The second-order valence-corrected chi connectivity index (χ2v) is 16.9. The number of fused-ring (bicyclic) bond motifs is 7. The molecule has 0 spiro atoms. The summed E-state index contributed by atoms with van der Waals surface area (Å²) in [6.45, 7) is 0. The SMILES string of the molecule is c1ccc(-n2c3ccccc3c3ccc(-c4ccc(N(c5ccc(-c6ccc7ccccc7c6)cc5)c5ccc(-c6ccc7sc8ccccc8c7c6)cc5)cc4)cc32)cc1. The van der Waals surface area contributed by atoms with E-state index in [1.807, 2.05) is 11.3 Å². The molecule has 12 rings (SSSR count). The molecule has 2 nitrogen and oxygen atoms in total. The molecule has 0 aliphatic carbocycles. The van der Waals surface area contributed by atoms with Gasteiger partial charge in [-0.2, -0.15) is 0 Å². The first kappa shape index (κ1) is 35.2. The number of rotatable bonds is 7. The summed E-state index contributed by atoms with van der Waals surface area (Å²) >= 11 is 1.86. The normalized spacial score (nSPS) is 11.6. The lowest BCUT2D eigenvalue weighted by Gasteiger charge is -2.26. The monoisotopic (exact) mass is 794 g/mol. The molecule has 2 aromatic heterocycles. The average molecular weight is 795 g/mol. The number of benzene rings is 10. The minimum absolute atomic E-state index is 1.10. The molecule has 0 fully saturated rings. The second kappa shape index (κ2) is 14.5. The highest BCUT2D eigenvalue weighted by molar-refractivity contribution is 7.25. The van der Waals surface area contributed by atoms with Gasteiger partial charge in [-0.3, -0.25) is 0 Å². The molecule has 61 heavy (non-hydrogen) atoms. The first-order valence-electron chi connectivity index (χ1n) is 20.8.